The van der Waals surface area contributed by atoms with Crippen LogP contribution in [0.3, 0.4) is 0 Å². The van der Waals surface area contributed by atoms with Crippen molar-refractivity contribution in [2.75, 3.05) is 13.7 Å². The Balaban J connectivity index is 0.00000392. The second kappa shape index (κ2) is 12.3. The van der Waals surface area contributed by atoms with Crippen LogP contribution in [-0.2, 0) is 13.1 Å². The smallest absolute Gasteiger partial charge is 0.387 e. The van der Waals surface area contributed by atoms with E-state index in [4.69, 9.17) is 4.74 Å². The van der Waals surface area contributed by atoms with E-state index < -0.39 is 6.61 Å². The quantitative estimate of drug-likeness (QED) is 0.317. The minimum Gasteiger partial charge on any atom is -0.490 e. The standard InChI is InChI=1S/C19H22F3N3O2.HI/c1-3-26-17-10-13(8-9-16(17)27-18(21)22)11-24-19(23-2)25-12-14-6-4-5-7-15(14)20;/h4-10,18H,3,11-12H2,1-2H3,(H2,23,24,25);1H. The number of rotatable bonds is 8. The third-order valence-corrected chi connectivity index (χ3v) is 3.61. The Hall–Kier alpha value is -2.17. The molecule has 2 aromatic rings. The summed E-state index contributed by atoms with van der Waals surface area (Å²) in [6.07, 6.45) is 0. The summed E-state index contributed by atoms with van der Waals surface area (Å²) in [7, 11) is 1.60. The summed E-state index contributed by atoms with van der Waals surface area (Å²) in [6.45, 7) is -0.202. The second-order valence-corrected chi connectivity index (χ2v) is 5.46. The van der Waals surface area contributed by atoms with Gasteiger partial charge in [-0.1, -0.05) is 24.3 Å². The maximum atomic E-state index is 13.7. The lowest BCUT2D eigenvalue weighted by atomic mass is 10.2. The number of halogens is 4. The highest BCUT2D eigenvalue weighted by Gasteiger charge is 2.12. The fourth-order valence-corrected chi connectivity index (χ4v) is 2.35. The zero-order chi connectivity index (χ0) is 19.6. The van der Waals surface area contributed by atoms with Crippen LogP contribution in [0.5, 0.6) is 11.5 Å². The molecule has 0 unspecified atom stereocenters. The van der Waals surface area contributed by atoms with Gasteiger partial charge in [0.2, 0.25) is 0 Å². The third kappa shape index (κ3) is 7.45. The molecule has 0 bridgehead atoms. The molecular weight excluding hydrogens is 486 g/mol. The lowest BCUT2D eigenvalue weighted by Gasteiger charge is -2.15. The van der Waals surface area contributed by atoms with Gasteiger partial charge >= 0.3 is 6.61 Å². The molecule has 2 aromatic carbocycles. The molecule has 154 valence electrons. The van der Waals surface area contributed by atoms with Gasteiger partial charge in [0.25, 0.3) is 0 Å². The first-order valence-corrected chi connectivity index (χ1v) is 8.42. The Kier molecular flexibility index (Phi) is 10.5. The molecular formula is C19H23F3IN3O2. The van der Waals surface area contributed by atoms with Crippen molar-refractivity contribution in [3.05, 3.63) is 59.4 Å². The summed E-state index contributed by atoms with van der Waals surface area (Å²) >= 11 is 0. The van der Waals surface area contributed by atoms with E-state index >= 15 is 0 Å². The Bertz CT molecular complexity index is 776. The summed E-state index contributed by atoms with van der Waals surface area (Å²) in [5.74, 6) is 0.407. The number of guanidine groups is 1. The zero-order valence-corrected chi connectivity index (χ0v) is 17.9. The van der Waals surface area contributed by atoms with Crippen LogP contribution >= 0.6 is 24.0 Å². The first kappa shape index (κ1) is 23.9. The van der Waals surface area contributed by atoms with Crippen LogP contribution in [-0.4, -0.2) is 26.2 Å². The highest BCUT2D eigenvalue weighted by atomic mass is 127. The largest absolute Gasteiger partial charge is 0.490 e. The highest BCUT2D eigenvalue weighted by Crippen LogP contribution is 2.29. The van der Waals surface area contributed by atoms with Gasteiger partial charge in [-0.15, -0.1) is 24.0 Å². The van der Waals surface area contributed by atoms with E-state index in [9.17, 15) is 13.2 Å². The summed E-state index contributed by atoms with van der Waals surface area (Å²) in [5, 5.41) is 6.09. The van der Waals surface area contributed by atoms with E-state index in [1.807, 2.05) is 0 Å². The maximum Gasteiger partial charge on any atom is 0.387 e. The van der Waals surface area contributed by atoms with Crippen molar-refractivity contribution >= 4 is 29.9 Å². The number of benzene rings is 2. The number of nitrogens with zero attached hydrogens (tertiary/aromatic N) is 1. The van der Waals surface area contributed by atoms with E-state index in [-0.39, 0.29) is 47.8 Å². The van der Waals surface area contributed by atoms with Gasteiger partial charge in [-0.25, -0.2) is 4.39 Å². The van der Waals surface area contributed by atoms with Gasteiger partial charge in [-0.2, -0.15) is 8.78 Å². The van der Waals surface area contributed by atoms with Gasteiger partial charge in [0.15, 0.2) is 17.5 Å². The molecule has 0 saturated carbocycles. The van der Waals surface area contributed by atoms with Gasteiger partial charge in [-0.3, -0.25) is 4.99 Å². The molecule has 0 aliphatic heterocycles. The topological polar surface area (TPSA) is 54.9 Å². The van der Waals surface area contributed by atoms with E-state index in [2.05, 4.69) is 20.4 Å². The van der Waals surface area contributed by atoms with E-state index in [1.54, 1.807) is 44.3 Å². The predicted molar refractivity (Wildman–Crippen MR) is 113 cm³/mol. The van der Waals surface area contributed by atoms with Gasteiger partial charge in [-0.05, 0) is 30.7 Å². The van der Waals surface area contributed by atoms with E-state index in [0.717, 1.165) is 5.56 Å². The van der Waals surface area contributed by atoms with Crippen LogP contribution in [0.2, 0.25) is 0 Å². The molecule has 28 heavy (non-hydrogen) atoms. The van der Waals surface area contributed by atoms with E-state index in [0.29, 0.717) is 24.7 Å². The lowest BCUT2D eigenvalue weighted by molar-refractivity contribution is -0.0514. The average molecular weight is 509 g/mol. The fraction of sp³-hybridized carbons (Fsp3) is 0.316. The van der Waals surface area contributed by atoms with Crippen molar-refractivity contribution in [3.8, 4) is 11.5 Å². The van der Waals surface area contributed by atoms with Crippen molar-refractivity contribution < 1.29 is 22.6 Å². The van der Waals surface area contributed by atoms with Gasteiger partial charge < -0.3 is 20.1 Å². The minimum atomic E-state index is -2.92. The Labute approximate surface area is 179 Å². The van der Waals surface area contributed by atoms with Crippen LogP contribution in [0.1, 0.15) is 18.1 Å². The fourth-order valence-electron chi connectivity index (χ4n) is 2.35. The molecule has 5 nitrogen and oxygen atoms in total. The monoisotopic (exact) mass is 509 g/mol. The van der Waals surface area contributed by atoms with Gasteiger partial charge in [0.05, 0.1) is 6.61 Å². The van der Waals surface area contributed by atoms with Crippen LogP contribution in [0.25, 0.3) is 0 Å². The first-order chi connectivity index (χ1) is 13.0. The van der Waals surface area contributed by atoms with Crippen molar-refractivity contribution in [3.63, 3.8) is 0 Å². The highest BCUT2D eigenvalue weighted by molar-refractivity contribution is 14.0. The molecule has 0 fully saturated rings. The van der Waals surface area contributed by atoms with Gasteiger partial charge in [0, 0.05) is 25.7 Å². The van der Waals surface area contributed by atoms with Gasteiger partial charge in [0.1, 0.15) is 5.82 Å². The molecule has 0 saturated heterocycles. The number of hydrogen-bond acceptors (Lipinski definition) is 3. The molecule has 0 aliphatic carbocycles. The molecule has 0 aliphatic rings. The number of hydrogen-bond donors (Lipinski definition) is 2. The molecule has 0 amide bonds. The summed E-state index contributed by atoms with van der Waals surface area (Å²) in [4.78, 5) is 4.08. The molecule has 0 atom stereocenters. The second-order valence-electron chi connectivity index (χ2n) is 5.46. The zero-order valence-electron chi connectivity index (χ0n) is 15.5. The van der Waals surface area contributed by atoms with Crippen LogP contribution in [0.15, 0.2) is 47.5 Å². The molecule has 0 spiro atoms. The summed E-state index contributed by atoms with van der Waals surface area (Å²) < 4.78 is 48.4. The normalized spacial score (nSPS) is 11.0. The Morgan fingerprint density at radius 3 is 2.43 bits per heavy atom. The first-order valence-electron chi connectivity index (χ1n) is 8.42. The number of nitrogens with one attached hydrogen (secondary N) is 2. The molecule has 0 aromatic heterocycles. The third-order valence-electron chi connectivity index (χ3n) is 3.61. The molecule has 9 heteroatoms. The van der Waals surface area contributed by atoms with Crippen LogP contribution in [0, 0.1) is 5.82 Å². The summed E-state index contributed by atoms with van der Waals surface area (Å²) in [6, 6.07) is 11.2. The molecule has 0 radical (unpaired) electrons. The van der Waals surface area contributed by atoms with Crippen LogP contribution < -0.4 is 20.1 Å². The van der Waals surface area contributed by atoms with Crippen molar-refractivity contribution in [1.82, 2.24) is 10.6 Å². The van der Waals surface area contributed by atoms with Crippen molar-refractivity contribution in [2.45, 2.75) is 26.6 Å². The van der Waals surface area contributed by atoms with Crippen molar-refractivity contribution in [1.29, 1.82) is 0 Å². The van der Waals surface area contributed by atoms with Crippen molar-refractivity contribution in [2.24, 2.45) is 4.99 Å². The van der Waals surface area contributed by atoms with E-state index in [1.165, 1.54) is 12.1 Å². The maximum absolute atomic E-state index is 13.7. The predicted octanol–water partition coefficient (Wildman–Crippen LogP) is 4.31. The number of aliphatic imine (C=N–C) groups is 1. The molecule has 0 heterocycles. The van der Waals surface area contributed by atoms with Crippen LogP contribution in [0.4, 0.5) is 13.2 Å². The average Bonchev–Trinajstić information content (AvgIpc) is 2.65. The Morgan fingerprint density at radius 1 is 1.07 bits per heavy atom. The Morgan fingerprint density at radius 2 is 1.79 bits per heavy atom. The molecule has 2 rings (SSSR count). The summed E-state index contributed by atoms with van der Waals surface area (Å²) in [5.41, 5.74) is 1.31. The molecule has 2 N–H and O–H groups in total. The number of alkyl halides is 2. The lowest BCUT2D eigenvalue weighted by Crippen LogP contribution is -2.36. The minimum absolute atomic E-state index is 0. The SMILES string of the molecule is CCOc1cc(CNC(=NC)NCc2ccccc2F)ccc1OC(F)F.I. The number of ether oxygens (including phenoxy) is 2.